The van der Waals surface area contributed by atoms with Crippen molar-refractivity contribution in [3.8, 4) is 11.1 Å². The van der Waals surface area contributed by atoms with Crippen LogP contribution in [-0.2, 0) is 10.8 Å². The molecular formula is C68H28I2N2. The van der Waals surface area contributed by atoms with Gasteiger partial charge in [0.05, 0.1) is 76.0 Å². The van der Waals surface area contributed by atoms with Crippen molar-refractivity contribution >= 4 is 146 Å². The second-order valence-corrected chi connectivity index (χ2v) is 30.6. The zero-order valence-electron chi connectivity index (χ0n) is 39.1. The van der Waals surface area contributed by atoms with Crippen LogP contribution in [0.25, 0.3) is 157 Å². The zero-order chi connectivity index (χ0) is 42.2. The lowest BCUT2D eigenvalue weighted by Crippen LogP contribution is -3.00. The molecule has 13 aromatic rings. The topological polar surface area (TPSA) is 0 Å². The van der Waals surface area contributed by atoms with Crippen LogP contribution < -0.4 is 53.2 Å². The maximum Gasteiger partial charge on any atom is 0.0934 e. The molecule has 13 aromatic carbocycles. The van der Waals surface area contributed by atoms with Crippen LogP contribution in [0.5, 0.6) is 0 Å². The second kappa shape index (κ2) is 6.80. The zero-order valence-corrected chi connectivity index (χ0v) is 43.4. The predicted molar refractivity (Wildman–Crippen MR) is 274 cm³/mol. The van der Waals surface area contributed by atoms with Crippen LogP contribution in [0.1, 0.15) is 125 Å². The summed E-state index contributed by atoms with van der Waals surface area (Å²) < 4.78 is 2.31. The van der Waals surface area contributed by atoms with Crippen molar-refractivity contribution in [2.24, 2.45) is 22.7 Å². The van der Waals surface area contributed by atoms with Crippen LogP contribution in [0, 0.1) is 22.7 Å². The molecule has 4 spiro atoms. The fourth-order valence-electron chi connectivity index (χ4n) is 31.2. The summed E-state index contributed by atoms with van der Waals surface area (Å²) in [4.78, 5) is 0. The van der Waals surface area contributed by atoms with E-state index in [4.69, 9.17) is 0 Å². The Hall–Kier alpha value is -4.86. The Kier molecular flexibility index (Phi) is 2.94. The van der Waals surface area contributed by atoms with Crippen LogP contribution in [0.15, 0.2) is 11.1 Å². The van der Waals surface area contributed by atoms with E-state index < -0.39 is 0 Å². The molecule has 4 heteroatoms. The molecule has 2 nitrogen and oxygen atoms in total. The molecule has 324 valence electrons. The third-order valence-corrected chi connectivity index (χ3v) is 29.6. The lowest BCUT2D eigenvalue weighted by atomic mass is 9.42. The van der Waals surface area contributed by atoms with Crippen LogP contribution in [0.4, 0.5) is 0 Å². The van der Waals surface area contributed by atoms with Gasteiger partial charge in [-0.15, -0.1) is 0 Å². The normalized spacial score (nSPS) is 40.6. The summed E-state index contributed by atoms with van der Waals surface area (Å²) in [5.74, 6) is 4.08. The third-order valence-electron chi connectivity index (χ3n) is 29.6. The highest BCUT2D eigenvalue weighted by atomic mass is 127. The van der Waals surface area contributed by atoms with Crippen LogP contribution in [0.2, 0.25) is 0 Å². The SMILES string of the molecule is C[N+]1(C)C[C@@]23C4=C5C6=C7c8c9c%10c%11c%12c%13c%14c%15c%16c%17c%18c%19c%20c%21c%22c%23c%24c%25c%26c%27c(c(c8c8c%10c%13c(c%278)c8c%14c%17c(c%24c%22%18)c%268)[C@@]72C1)[C@H]%25[C@@H]3C=%23[C@@H]4[C@H]%21c1c5c2c3c(c1-%20)[C@H]([C@H]%19%16)[C@@]1(C[N+](C)(C)C[C@]%12%151)C3=C%11[C@H]9[C@H]62.[I-].[I-]. The summed E-state index contributed by atoms with van der Waals surface area (Å²) in [6.45, 7) is 5.17. The Morgan fingerprint density at radius 1 is 0.333 bits per heavy atom. The van der Waals surface area contributed by atoms with Gasteiger partial charge in [-0.1, -0.05) is 0 Å². The molecule has 0 bridgehead atoms. The number of benzene rings is 10. The van der Waals surface area contributed by atoms with E-state index in [9.17, 15) is 0 Å². The highest BCUT2D eigenvalue weighted by molar-refractivity contribution is 6.65. The molecule has 2 heterocycles. The van der Waals surface area contributed by atoms with E-state index in [-0.39, 0.29) is 69.6 Å². The summed E-state index contributed by atoms with van der Waals surface area (Å²) in [5.41, 5.74) is 48.6. The van der Waals surface area contributed by atoms with E-state index in [1.165, 1.54) is 26.2 Å². The first kappa shape index (κ1) is 31.1. The summed E-state index contributed by atoms with van der Waals surface area (Å²) in [5, 5.41) is 41.6. The number of hydrogen-bond donors (Lipinski definition) is 0. The lowest BCUT2D eigenvalue weighted by molar-refractivity contribution is -0.881. The number of allylic oxidation sites excluding steroid dienone is 3. The number of hydrogen-bond acceptors (Lipinski definition) is 0. The van der Waals surface area contributed by atoms with Crippen molar-refractivity contribution in [2.75, 3.05) is 54.4 Å². The highest BCUT2D eigenvalue weighted by Gasteiger charge is 2.89. The molecule has 1 saturated carbocycles. The standard InChI is InChI=1S/C68H28N2.2HI/c1-69(2)5-65-57-41-25-13-11-9-10-12-14-16-21-31-19(12)29(17(9)25)45(57)47(31)59-49-33(21)24-28(16)44-42-26(14)18(10)30-20(11)32-22-15(13)27-23-34(22)50-54-38-35(23)51(61(65)43(27)41)55-39(38)40-37(53(49)63(55)67(59,65)7-69)36(24)52-56(40)64(54)68-8-70(3,4)6-66(68,62(44)52)58(42)46(30)48(32)60(50)68;;/h27,39-40,43,45,48,57,60H,5-8H2,1-4H3;2*1H/q+2;;/p-2/t27-,39-,40-,43+,45+,48-,57+,60+,65-,66-,67+,68+;;/m1../s1. The summed E-state index contributed by atoms with van der Waals surface area (Å²) in [7, 11) is 10.9. The molecule has 2 aliphatic heterocycles. The number of quaternary nitrogens is 2. The molecule has 72 heavy (non-hydrogen) atoms. The fraction of sp³-hybridized carbons (Fsp3) is 0.294. The van der Waals surface area contributed by atoms with Crippen molar-refractivity contribution in [1.82, 2.24) is 0 Å². The van der Waals surface area contributed by atoms with Gasteiger partial charge in [0.25, 0.3) is 0 Å². The van der Waals surface area contributed by atoms with Gasteiger partial charge in [0.2, 0.25) is 0 Å². The first-order valence-electron chi connectivity index (χ1n) is 27.9. The average Bonchev–Trinajstić information content (AvgIpc) is 4.25. The molecule has 0 unspecified atom stereocenters. The molecule has 0 amide bonds. The summed E-state index contributed by atoms with van der Waals surface area (Å²) >= 11 is 0. The van der Waals surface area contributed by atoms with E-state index in [0.717, 1.165) is 8.97 Å². The van der Waals surface area contributed by atoms with Gasteiger partial charge in [0.1, 0.15) is 0 Å². The van der Waals surface area contributed by atoms with Gasteiger partial charge in [-0.05, 0) is 263 Å². The van der Waals surface area contributed by atoms with Crippen LogP contribution in [0.3, 0.4) is 0 Å². The monoisotopic (exact) mass is 1130 g/mol. The third kappa shape index (κ3) is 1.63. The lowest BCUT2D eigenvalue weighted by Gasteiger charge is -2.56. The van der Waals surface area contributed by atoms with E-state index in [2.05, 4.69) is 33.8 Å². The van der Waals surface area contributed by atoms with Crippen molar-refractivity contribution in [1.29, 1.82) is 0 Å². The average molecular weight is 1130 g/mol. The van der Waals surface area contributed by atoms with Gasteiger partial charge in [-0.3, -0.25) is 0 Å². The Morgan fingerprint density at radius 3 is 1.68 bits per heavy atom. The Morgan fingerprint density at radius 2 is 0.875 bits per heavy atom. The number of halogens is 2. The number of likely N-dealkylation sites (N-methyl/N-ethyl adjacent to an activating group) is 2. The minimum atomic E-state index is -0.00428. The predicted octanol–water partition coefficient (Wildman–Crippen LogP) is 5.70. The molecule has 21 aliphatic rings. The van der Waals surface area contributed by atoms with Gasteiger partial charge in [-0.2, -0.15) is 0 Å². The maximum atomic E-state index is 2.73. The molecule has 2 saturated heterocycles. The van der Waals surface area contributed by atoms with Crippen LogP contribution >= 0.6 is 0 Å². The first-order valence-corrected chi connectivity index (χ1v) is 27.9. The maximum absolute atomic E-state index is 2.73. The first-order chi connectivity index (χ1) is 34.3. The summed E-state index contributed by atoms with van der Waals surface area (Å²) in [6.07, 6.45) is 0. The minimum Gasteiger partial charge on any atom is -1.00 e. The molecule has 12 atom stereocenters. The smallest absolute Gasteiger partial charge is 0.0934 e. The fourth-order valence-corrected chi connectivity index (χ4v) is 31.2. The Bertz CT molecular complexity index is 6140. The Balaban J connectivity index is 0.00000163. The van der Waals surface area contributed by atoms with E-state index in [1.54, 1.807) is 59.2 Å². The summed E-state index contributed by atoms with van der Waals surface area (Å²) in [6, 6.07) is 0. The van der Waals surface area contributed by atoms with Gasteiger partial charge >= 0.3 is 0 Å². The Labute approximate surface area is 439 Å². The largest absolute Gasteiger partial charge is 1.00 e. The van der Waals surface area contributed by atoms with Crippen molar-refractivity contribution in [3.05, 3.63) is 105 Å². The number of nitrogens with zero attached hydrogens (tertiary/aromatic N) is 2. The van der Waals surface area contributed by atoms with Gasteiger partial charge in [-0.25, -0.2) is 0 Å². The molecule has 0 N–H and O–H groups in total. The van der Waals surface area contributed by atoms with Gasteiger partial charge in [0, 0.05) is 47.3 Å². The van der Waals surface area contributed by atoms with Crippen molar-refractivity contribution in [3.63, 3.8) is 0 Å². The molecule has 34 rings (SSSR count). The van der Waals surface area contributed by atoms with Crippen molar-refractivity contribution in [2.45, 2.75) is 46.3 Å². The van der Waals surface area contributed by atoms with E-state index in [1.807, 2.05) is 198 Å². The minimum absolute atomic E-state index is 0. The number of rotatable bonds is 0. The molecule has 0 radical (unpaired) electrons. The molecule has 3 fully saturated rings. The number of likely N-dealkylation sites (tertiary alicyclic amines) is 2. The van der Waals surface area contributed by atoms with Crippen LogP contribution in [-0.4, -0.2) is 63.3 Å². The van der Waals surface area contributed by atoms with Gasteiger partial charge < -0.3 is 56.9 Å². The van der Waals surface area contributed by atoms with E-state index >= 15 is 0 Å². The van der Waals surface area contributed by atoms with E-state index in [0.29, 0.717) is 47.3 Å². The molecule has 0 aromatic heterocycles. The molecule has 19 aliphatic carbocycles. The van der Waals surface area contributed by atoms with Crippen molar-refractivity contribution < 1.29 is 56.9 Å². The highest BCUT2D eigenvalue weighted by Crippen LogP contribution is 2.97. The second-order valence-electron chi connectivity index (χ2n) is 30.6. The quantitative estimate of drug-likeness (QED) is 0.104. The molecular weight excluding hydrogens is 1100 g/mol. The van der Waals surface area contributed by atoms with Gasteiger partial charge in [0.15, 0.2) is 0 Å².